The van der Waals surface area contributed by atoms with Crippen molar-refractivity contribution in [1.29, 1.82) is 0 Å². The Kier molecular flexibility index (Phi) is 4.61. The van der Waals surface area contributed by atoms with Gasteiger partial charge in [-0.1, -0.05) is 36.4 Å². The zero-order valence-corrected chi connectivity index (χ0v) is 14.0. The van der Waals surface area contributed by atoms with Gasteiger partial charge in [0.15, 0.2) is 6.17 Å². The van der Waals surface area contributed by atoms with Crippen molar-refractivity contribution in [2.75, 3.05) is 7.05 Å². The Hall–Kier alpha value is -2.26. The predicted molar refractivity (Wildman–Crippen MR) is 77.6 cm³/mol. The average molecular weight is 363 g/mol. The third-order valence-corrected chi connectivity index (χ3v) is 4.17. The van der Waals surface area contributed by atoms with E-state index >= 15 is 0 Å². The lowest BCUT2D eigenvalue weighted by molar-refractivity contribution is -2.00. The van der Waals surface area contributed by atoms with Crippen LogP contribution in [0.3, 0.4) is 0 Å². The van der Waals surface area contributed by atoms with Gasteiger partial charge in [0.1, 0.15) is 11.3 Å². The van der Waals surface area contributed by atoms with Crippen LogP contribution >= 0.6 is 0 Å². The van der Waals surface area contributed by atoms with E-state index in [1.807, 2.05) is 53.6 Å². The molecule has 130 valence electrons. The van der Waals surface area contributed by atoms with Gasteiger partial charge in [-0.25, -0.2) is 18.6 Å². The lowest BCUT2D eigenvalue weighted by Gasteiger charge is -2.37. The van der Waals surface area contributed by atoms with Gasteiger partial charge in [-0.2, -0.15) is 0 Å². The first-order chi connectivity index (χ1) is 11.8. The molecule has 25 heavy (non-hydrogen) atoms. The number of benzene rings is 2. The molecule has 2 aromatic carbocycles. The van der Waals surface area contributed by atoms with Crippen LogP contribution in [0.15, 0.2) is 48.5 Å². The molecule has 0 aromatic heterocycles. The van der Waals surface area contributed by atoms with Crippen LogP contribution in [0.25, 0.3) is 12.3 Å². The van der Waals surface area contributed by atoms with E-state index in [4.69, 9.17) is 18.6 Å². The highest BCUT2D eigenvalue weighted by Gasteiger charge is 2.38. The minimum atomic E-state index is -4.94. The largest absolute Gasteiger partial charge is 0.281 e. The molecule has 0 bridgehead atoms. The van der Waals surface area contributed by atoms with Crippen molar-refractivity contribution in [2.45, 2.75) is 6.17 Å². The first kappa shape index (κ1) is 17.6. The molecular weight excluding hydrogens is 348 g/mol. The maximum absolute atomic E-state index is 12.7. The first-order valence-corrected chi connectivity index (χ1v) is 8.65. The number of carbonyl (C=O) groups is 1. The monoisotopic (exact) mass is 362 g/mol. The van der Waals surface area contributed by atoms with Crippen LogP contribution in [0, 0.1) is 10.2 Å². The van der Waals surface area contributed by atoms with Gasteiger partial charge in [0.05, 0.1) is 7.05 Å². The SMILES string of the molecule is C[NH+]1c2ccccc2C(=O)N2C=c3ccccc3=CC21.[O-][Cl+3]([O-])([O-])[O-]. The Balaban J connectivity index is 0.000000324. The highest BCUT2D eigenvalue weighted by molar-refractivity contribution is 6.01. The standard InChI is InChI=1S/C17H14N2O.ClHO4/c1-18-15-9-5-4-8-14(15)17(20)19-11-13-7-3-2-6-12(13)10-16(18)19;2-1(3,4)5/h2-11,16H,1H3;(H,2,3,4,5). The van der Waals surface area contributed by atoms with Gasteiger partial charge in [-0.15, -0.1) is 10.2 Å². The number of hydrogen-bond donors (Lipinski definition) is 1. The summed E-state index contributed by atoms with van der Waals surface area (Å²) in [6.07, 6.45) is 4.19. The lowest BCUT2D eigenvalue weighted by Crippen LogP contribution is -3.11. The average Bonchev–Trinajstić information content (AvgIpc) is 2.57. The fourth-order valence-electron chi connectivity index (χ4n) is 3.09. The molecule has 8 heteroatoms. The fraction of sp³-hybridized carbons (Fsp3) is 0.118. The van der Waals surface area contributed by atoms with E-state index in [-0.39, 0.29) is 12.1 Å². The highest BCUT2D eigenvalue weighted by Crippen LogP contribution is 2.20. The summed E-state index contributed by atoms with van der Waals surface area (Å²) < 4.78 is 34.0. The van der Waals surface area contributed by atoms with Crippen molar-refractivity contribution in [1.82, 2.24) is 4.90 Å². The van der Waals surface area contributed by atoms with E-state index in [9.17, 15) is 4.79 Å². The number of halogens is 1. The minimum Gasteiger partial charge on any atom is -0.281 e. The normalized spacial score (nSPS) is 20.8. The number of hydrogen-bond acceptors (Lipinski definition) is 5. The Morgan fingerprint density at radius 1 is 0.960 bits per heavy atom. The van der Waals surface area contributed by atoms with Crippen molar-refractivity contribution in [3.8, 4) is 0 Å². The van der Waals surface area contributed by atoms with Crippen molar-refractivity contribution >= 4 is 23.9 Å². The fourth-order valence-corrected chi connectivity index (χ4v) is 3.09. The smallest absolute Gasteiger partial charge is 0.268 e. The summed E-state index contributed by atoms with van der Waals surface area (Å²) in [5.41, 5.74) is 1.87. The summed E-state index contributed by atoms with van der Waals surface area (Å²) in [5.74, 6) is 0.0851. The first-order valence-electron chi connectivity index (χ1n) is 7.42. The van der Waals surface area contributed by atoms with Crippen LogP contribution in [-0.2, 0) is 0 Å². The Bertz CT molecular complexity index is 919. The number of amides is 1. The van der Waals surface area contributed by atoms with Crippen LogP contribution in [0.4, 0.5) is 5.69 Å². The molecule has 2 heterocycles. The summed E-state index contributed by atoms with van der Waals surface area (Å²) in [7, 11) is -2.83. The van der Waals surface area contributed by atoms with E-state index in [1.165, 1.54) is 10.1 Å². The summed E-state index contributed by atoms with van der Waals surface area (Å²) in [4.78, 5) is 15.7. The van der Waals surface area contributed by atoms with Crippen LogP contribution in [0.1, 0.15) is 10.4 Å². The van der Waals surface area contributed by atoms with Gasteiger partial charge in [0.25, 0.3) is 5.91 Å². The molecular formula is C17H15ClN2O5. The van der Waals surface area contributed by atoms with Crippen molar-refractivity contribution < 1.29 is 38.6 Å². The van der Waals surface area contributed by atoms with Crippen LogP contribution in [-0.4, -0.2) is 24.0 Å². The number of quaternary nitrogens is 1. The number of para-hydroxylation sites is 1. The molecule has 1 N–H and O–H groups in total. The third kappa shape index (κ3) is 3.72. The predicted octanol–water partition coefficient (Wildman–Crippen LogP) is -4.91. The molecule has 0 saturated heterocycles. The number of fused-ring (bicyclic) bond motifs is 3. The second-order valence-corrected chi connectivity index (χ2v) is 6.44. The van der Waals surface area contributed by atoms with E-state index in [0.717, 1.165) is 16.5 Å². The summed E-state index contributed by atoms with van der Waals surface area (Å²) >= 11 is 0. The van der Waals surface area contributed by atoms with Gasteiger partial charge in [0, 0.05) is 12.3 Å². The van der Waals surface area contributed by atoms with Crippen molar-refractivity contribution in [2.24, 2.45) is 0 Å². The maximum Gasteiger partial charge on any atom is 0.268 e. The van der Waals surface area contributed by atoms with Crippen LogP contribution in [0.2, 0.25) is 0 Å². The molecule has 0 radical (unpaired) electrons. The minimum absolute atomic E-state index is 0.0345. The number of nitrogens with zero attached hydrogens (tertiary/aromatic N) is 1. The Morgan fingerprint density at radius 3 is 2.20 bits per heavy atom. The summed E-state index contributed by atoms with van der Waals surface area (Å²) in [5, 5.41) is 2.30. The molecule has 2 aliphatic rings. The maximum atomic E-state index is 12.7. The van der Waals surface area contributed by atoms with Gasteiger partial charge >= 0.3 is 0 Å². The molecule has 0 fully saturated rings. The van der Waals surface area contributed by atoms with Crippen molar-refractivity contribution in [3.63, 3.8) is 0 Å². The Labute approximate surface area is 145 Å². The highest BCUT2D eigenvalue weighted by atomic mass is 35.7. The lowest BCUT2D eigenvalue weighted by atomic mass is 10.0. The summed E-state index contributed by atoms with van der Waals surface area (Å²) in [6.45, 7) is 0. The van der Waals surface area contributed by atoms with E-state index < -0.39 is 10.2 Å². The van der Waals surface area contributed by atoms with Crippen molar-refractivity contribution in [3.05, 3.63) is 64.5 Å². The van der Waals surface area contributed by atoms with Crippen LogP contribution < -0.4 is 34.0 Å². The number of carbonyl (C=O) groups excluding carboxylic acids is 1. The molecule has 0 saturated carbocycles. The van der Waals surface area contributed by atoms with E-state index in [0.29, 0.717) is 0 Å². The van der Waals surface area contributed by atoms with E-state index in [2.05, 4.69) is 19.2 Å². The van der Waals surface area contributed by atoms with Gasteiger partial charge in [0.2, 0.25) is 0 Å². The molecule has 2 unspecified atom stereocenters. The molecule has 1 amide bonds. The molecule has 4 rings (SSSR count). The third-order valence-electron chi connectivity index (χ3n) is 4.17. The zero-order chi connectivity index (χ0) is 18.2. The Morgan fingerprint density at radius 2 is 1.52 bits per heavy atom. The summed E-state index contributed by atoms with van der Waals surface area (Å²) in [6, 6.07) is 16.0. The van der Waals surface area contributed by atoms with Gasteiger partial charge in [-0.3, -0.25) is 14.6 Å². The zero-order valence-electron chi connectivity index (χ0n) is 13.2. The number of nitrogens with one attached hydrogen (secondary N) is 1. The quantitative estimate of drug-likeness (QED) is 0.504. The molecule has 2 aromatic rings. The van der Waals surface area contributed by atoms with Gasteiger partial charge in [-0.05, 0) is 22.6 Å². The second kappa shape index (κ2) is 6.57. The molecule has 2 aliphatic heterocycles. The van der Waals surface area contributed by atoms with E-state index in [1.54, 1.807) is 0 Å². The van der Waals surface area contributed by atoms with Crippen LogP contribution in [0.5, 0.6) is 0 Å². The number of rotatable bonds is 0. The molecule has 0 aliphatic carbocycles. The molecule has 0 spiro atoms. The second-order valence-electron chi connectivity index (χ2n) is 5.69. The van der Waals surface area contributed by atoms with Gasteiger partial charge < -0.3 is 0 Å². The molecule has 2 atom stereocenters. The topological polar surface area (TPSA) is 117 Å². The molecule has 7 nitrogen and oxygen atoms in total.